The van der Waals surface area contributed by atoms with Crippen molar-refractivity contribution in [3.05, 3.63) is 73.1 Å². The van der Waals surface area contributed by atoms with Gasteiger partial charge in [-0.15, -0.1) is 0 Å². The fourth-order valence-corrected chi connectivity index (χ4v) is 7.85. The van der Waals surface area contributed by atoms with Crippen molar-refractivity contribution in [3.63, 3.8) is 0 Å². The van der Waals surface area contributed by atoms with Crippen LogP contribution in [0.3, 0.4) is 0 Å². The fraction of sp³-hybridized carbons (Fsp3) is 0.167. The molecule has 0 aliphatic rings. The van der Waals surface area contributed by atoms with Crippen LogP contribution in [0.4, 0.5) is 0 Å². The Hall–Kier alpha value is -3.20. The number of nitrogens with zero attached hydrogens (tertiary/aromatic N) is 2. The van der Waals surface area contributed by atoms with E-state index in [2.05, 4.69) is 19.4 Å². The molecule has 2 heterocycles. The topological polar surface area (TPSA) is 152 Å². The number of hydrogen-bond donors (Lipinski definition) is 2. The van der Waals surface area contributed by atoms with Crippen LogP contribution in [0.2, 0.25) is 0 Å². The molecule has 0 radical (unpaired) electrons. The first-order chi connectivity index (χ1) is 18.2. The van der Waals surface area contributed by atoms with Crippen molar-refractivity contribution in [2.45, 2.75) is 22.6 Å². The van der Waals surface area contributed by atoms with Crippen LogP contribution in [0.25, 0.3) is 21.8 Å². The monoisotopic (exact) mass is 590 g/mol. The van der Waals surface area contributed by atoms with Gasteiger partial charge in [0.1, 0.15) is 9.79 Å². The number of carbonyl (C=O) groups is 2. The molecular weight excluding hydrogens is 569 g/mol. The van der Waals surface area contributed by atoms with Crippen LogP contribution < -0.4 is 9.44 Å². The molecule has 0 unspecified atom stereocenters. The molecule has 0 aliphatic carbocycles. The van der Waals surface area contributed by atoms with E-state index < -0.39 is 31.9 Å². The summed E-state index contributed by atoms with van der Waals surface area (Å²) in [7, 11) is -5.64. The number of amides is 2. The van der Waals surface area contributed by atoms with Crippen LogP contribution in [-0.2, 0) is 29.6 Å². The van der Waals surface area contributed by atoms with Gasteiger partial charge in [-0.25, -0.2) is 26.3 Å². The molecule has 2 amide bonds. The summed E-state index contributed by atoms with van der Waals surface area (Å²) in [4.78, 5) is 32.5. The summed E-state index contributed by atoms with van der Waals surface area (Å²) in [5.41, 5.74) is 0.550. The molecule has 10 nitrogen and oxygen atoms in total. The lowest BCUT2D eigenvalue weighted by Gasteiger charge is -2.09. The lowest BCUT2D eigenvalue weighted by atomic mass is 10.2. The van der Waals surface area contributed by atoms with E-state index in [4.69, 9.17) is 0 Å². The molecule has 2 aromatic heterocycles. The number of pyridine rings is 2. The summed E-state index contributed by atoms with van der Waals surface area (Å²) >= 11 is 0. The molecule has 0 aliphatic heterocycles. The highest BCUT2D eigenvalue weighted by atomic mass is 33.1. The maximum absolute atomic E-state index is 12.7. The normalized spacial score (nSPS) is 11.9. The Balaban J connectivity index is 1.20. The first-order valence-corrected chi connectivity index (χ1v) is 16.7. The van der Waals surface area contributed by atoms with Crippen LogP contribution in [0.15, 0.2) is 82.8 Å². The molecule has 2 N–H and O–H groups in total. The molecule has 0 bridgehead atoms. The van der Waals surface area contributed by atoms with Crippen molar-refractivity contribution in [2.24, 2.45) is 0 Å². The van der Waals surface area contributed by atoms with Gasteiger partial charge in [-0.1, -0.05) is 58.0 Å². The minimum atomic E-state index is -4.09. The predicted molar refractivity (Wildman–Crippen MR) is 148 cm³/mol. The summed E-state index contributed by atoms with van der Waals surface area (Å²) in [6.07, 6.45) is 2.83. The van der Waals surface area contributed by atoms with Crippen LogP contribution in [0.5, 0.6) is 0 Å². The molecule has 2 aromatic carbocycles. The SMILES string of the molecule is O=C(CCSSCCC(=O)NS(=O)(=O)c1cccc2cccnc12)NS(=O)(=O)c1cccc2cccnc12. The van der Waals surface area contributed by atoms with Crippen molar-refractivity contribution >= 4 is 75.3 Å². The summed E-state index contributed by atoms with van der Waals surface area (Å²) in [6.45, 7) is 0. The Kier molecular flexibility index (Phi) is 8.87. The van der Waals surface area contributed by atoms with Gasteiger partial charge >= 0.3 is 0 Å². The second kappa shape index (κ2) is 12.1. The Morgan fingerprint density at radius 1 is 0.632 bits per heavy atom. The van der Waals surface area contributed by atoms with E-state index in [0.717, 1.165) is 0 Å². The fourth-order valence-electron chi connectivity index (χ4n) is 3.48. The van der Waals surface area contributed by atoms with E-state index in [-0.39, 0.29) is 33.7 Å². The highest BCUT2D eigenvalue weighted by molar-refractivity contribution is 8.76. The predicted octanol–water partition coefficient (Wildman–Crippen LogP) is 3.25. The van der Waals surface area contributed by atoms with E-state index in [9.17, 15) is 26.4 Å². The third-order valence-electron chi connectivity index (χ3n) is 5.18. The van der Waals surface area contributed by atoms with E-state index in [1.165, 1.54) is 46.1 Å². The number of fused-ring (bicyclic) bond motifs is 2. The van der Waals surface area contributed by atoms with Crippen LogP contribution in [-0.4, -0.2) is 50.1 Å². The van der Waals surface area contributed by atoms with Gasteiger partial charge in [-0.05, 0) is 24.3 Å². The molecule has 0 saturated heterocycles. The Bertz CT molecular complexity index is 1570. The van der Waals surface area contributed by atoms with E-state index >= 15 is 0 Å². The number of rotatable bonds is 11. The van der Waals surface area contributed by atoms with Crippen molar-refractivity contribution in [1.82, 2.24) is 19.4 Å². The highest BCUT2D eigenvalue weighted by Crippen LogP contribution is 2.24. The van der Waals surface area contributed by atoms with Crippen molar-refractivity contribution < 1.29 is 26.4 Å². The third kappa shape index (κ3) is 6.81. The van der Waals surface area contributed by atoms with Gasteiger partial charge in [0, 0.05) is 47.5 Å². The minimum absolute atomic E-state index is 0.0657. The first-order valence-electron chi connectivity index (χ1n) is 11.2. The van der Waals surface area contributed by atoms with Crippen molar-refractivity contribution in [1.29, 1.82) is 0 Å². The van der Waals surface area contributed by atoms with Crippen molar-refractivity contribution in [3.8, 4) is 0 Å². The van der Waals surface area contributed by atoms with Gasteiger partial charge in [0.15, 0.2) is 0 Å². The van der Waals surface area contributed by atoms with Gasteiger partial charge < -0.3 is 0 Å². The summed E-state index contributed by atoms with van der Waals surface area (Å²) in [6, 6.07) is 16.2. The molecule has 198 valence electrons. The second-order valence-corrected chi connectivity index (χ2v) is 13.9. The Morgan fingerprint density at radius 2 is 1.03 bits per heavy atom. The van der Waals surface area contributed by atoms with Gasteiger partial charge in [0.2, 0.25) is 11.8 Å². The molecule has 0 spiro atoms. The number of para-hydroxylation sites is 2. The molecular formula is C24H22N4O6S4. The number of benzene rings is 2. The number of carbonyl (C=O) groups excluding carboxylic acids is 2. The molecule has 0 atom stereocenters. The summed E-state index contributed by atoms with van der Waals surface area (Å²) < 4.78 is 54.8. The molecule has 4 aromatic rings. The standard InChI is InChI=1S/C24H22N4O6S4/c29-21(27-37(31,32)19-9-1-5-17-7-3-13-25-23(17)19)11-15-35-36-16-12-22(30)28-38(33,34)20-10-2-6-18-8-4-14-26-24(18)20/h1-10,13-14H,11-12,15-16H2,(H,27,29)(H,28,30). The molecule has 0 fully saturated rings. The van der Waals surface area contributed by atoms with Gasteiger partial charge in [-0.2, -0.15) is 0 Å². The summed E-state index contributed by atoms with van der Waals surface area (Å²) in [5.74, 6) is -0.750. The van der Waals surface area contributed by atoms with E-state index in [0.29, 0.717) is 22.3 Å². The van der Waals surface area contributed by atoms with Gasteiger partial charge in [0.05, 0.1) is 11.0 Å². The van der Waals surface area contributed by atoms with Crippen LogP contribution >= 0.6 is 21.6 Å². The average Bonchev–Trinajstić information content (AvgIpc) is 2.89. The highest BCUT2D eigenvalue weighted by Gasteiger charge is 2.22. The lowest BCUT2D eigenvalue weighted by molar-refractivity contribution is -0.119. The smallest absolute Gasteiger partial charge is 0.266 e. The lowest BCUT2D eigenvalue weighted by Crippen LogP contribution is -2.31. The Labute approximate surface area is 227 Å². The average molecular weight is 591 g/mol. The summed E-state index contributed by atoms with van der Waals surface area (Å²) in [5, 5.41) is 1.28. The zero-order valence-electron chi connectivity index (χ0n) is 19.7. The van der Waals surface area contributed by atoms with Crippen LogP contribution in [0, 0.1) is 0 Å². The number of aromatic nitrogens is 2. The third-order valence-corrected chi connectivity index (χ3v) is 10.4. The van der Waals surface area contributed by atoms with Gasteiger partial charge in [-0.3, -0.25) is 19.6 Å². The molecule has 38 heavy (non-hydrogen) atoms. The Morgan fingerprint density at radius 3 is 1.45 bits per heavy atom. The molecule has 4 rings (SSSR count). The first kappa shape index (κ1) is 27.8. The van der Waals surface area contributed by atoms with E-state index in [1.54, 1.807) is 48.5 Å². The van der Waals surface area contributed by atoms with Crippen LogP contribution in [0.1, 0.15) is 12.8 Å². The second-order valence-electron chi connectivity index (χ2n) is 7.86. The van der Waals surface area contributed by atoms with E-state index in [1.807, 2.05) is 0 Å². The number of hydrogen-bond acceptors (Lipinski definition) is 10. The number of sulfonamides is 2. The van der Waals surface area contributed by atoms with Gasteiger partial charge in [0.25, 0.3) is 20.0 Å². The number of nitrogens with one attached hydrogen (secondary N) is 2. The largest absolute Gasteiger partial charge is 0.274 e. The molecule has 0 saturated carbocycles. The zero-order valence-corrected chi connectivity index (χ0v) is 23.0. The maximum Gasteiger partial charge on any atom is 0.266 e. The maximum atomic E-state index is 12.7. The molecule has 14 heteroatoms. The zero-order chi connectivity index (χ0) is 27.2. The van der Waals surface area contributed by atoms with Crippen molar-refractivity contribution in [2.75, 3.05) is 11.5 Å². The quantitative estimate of drug-likeness (QED) is 0.197. The minimum Gasteiger partial charge on any atom is -0.274 e.